The van der Waals surface area contributed by atoms with Crippen LogP contribution in [0.4, 0.5) is 0 Å². The van der Waals surface area contributed by atoms with Crippen LogP contribution in [0.2, 0.25) is 0 Å². The molecule has 4 nitrogen and oxygen atoms in total. The Bertz CT molecular complexity index is 684. The first-order chi connectivity index (χ1) is 11.1. The predicted molar refractivity (Wildman–Crippen MR) is 87.1 cm³/mol. The third-order valence-electron chi connectivity index (χ3n) is 4.36. The Kier molecular flexibility index (Phi) is 4.53. The highest BCUT2D eigenvalue weighted by molar-refractivity contribution is 6.00. The van der Waals surface area contributed by atoms with E-state index in [0.717, 1.165) is 5.56 Å². The lowest BCUT2D eigenvalue weighted by Crippen LogP contribution is -2.28. The molecule has 0 aliphatic carbocycles. The number of likely N-dealkylation sites (tertiary alicyclic amines) is 1. The van der Waals surface area contributed by atoms with Crippen molar-refractivity contribution in [2.75, 3.05) is 13.1 Å². The molecule has 1 N–H and O–H groups in total. The molecule has 0 saturated carbocycles. The van der Waals surface area contributed by atoms with Gasteiger partial charge in [-0.1, -0.05) is 60.7 Å². The van der Waals surface area contributed by atoms with Gasteiger partial charge in [-0.3, -0.25) is 14.5 Å². The maximum Gasteiger partial charge on any atom is 0.308 e. The van der Waals surface area contributed by atoms with Gasteiger partial charge in [-0.25, -0.2) is 0 Å². The summed E-state index contributed by atoms with van der Waals surface area (Å²) in [6.45, 7) is 1.57. The van der Waals surface area contributed by atoms with E-state index in [-0.39, 0.29) is 5.78 Å². The van der Waals surface area contributed by atoms with E-state index in [1.807, 2.05) is 36.4 Å². The number of benzene rings is 2. The van der Waals surface area contributed by atoms with E-state index in [4.69, 9.17) is 0 Å². The van der Waals surface area contributed by atoms with E-state index in [1.165, 1.54) is 0 Å². The number of hydrogen-bond donors (Lipinski definition) is 1. The van der Waals surface area contributed by atoms with Crippen LogP contribution in [0.3, 0.4) is 0 Å². The number of carbonyl (C=O) groups is 2. The molecule has 2 aromatic carbocycles. The molecule has 2 atom stereocenters. The smallest absolute Gasteiger partial charge is 0.308 e. The zero-order valence-electron chi connectivity index (χ0n) is 12.8. The fraction of sp³-hybridized carbons (Fsp3) is 0.263. The number of nitrogens with zero attached hydrogens (tertiary/aromatic N) is 1. The molecule has 1 heterocycles. The maximum absolute atomic E-state index is 12.7. The van der Waals surface area contributed by atoms with Crippen molar-refractivity contribution in [3.05, 3.63) is 71.8 Å². The average Bonchev–Trinajstić information content (AvgIpc) is 3.00. The molecule has 2 aromatic rings. The van der Waals surface area contributed by atoms with Crippen molar-refractivity contribution in [1.29, 1.82) is 0 Å². The van der Waals surface area contributed by atoms with E-state index in [2.05, 4.69) is 4.90 Å². The summed E-state index contributed by atoms with van der Waals surface area (Å²) in [4.78, 5) is 26.3. The molecule has 0 bridgehead atoms. The molecule has 3 rings (SSSR count). The third kappa shape index (κ3) is 3.48. The van der Waals surface area contributed by atoms with Gasteiger partial charge in [-0.15, -0.1) is 0 Å². The van der Waals surface area contributed by atoms with Gasteiger partial charge in [0.25, 0.3) is 0 Å². The van der Waals surface area contributed by atoms with Gasteiger partial charge in [0.15, 0.2) is 5.78 Å². The quantitative estimate of drug-likeness (QED) is 0.863. The highest BCUT2D eigenvalue weighted by Crippen LogP contribution is 2.28. The highest BCUT2D eigenvalue weighted by Gasteiger charge is 2.41. The number of carboxylic acid groups (broad SMARTS) is 1. The number of hydrogen-bond acceptors (Lipinski definition) is 3. The van der Waals surface area contributed by atoms with Crippen molar-refractivity contribution >= 4 is 11.8 Å². The molecule has 0 spiro atoms. The molecule has 1 fully saturated rings. The number of rotatable bonds is 5. The molecule has 118 valence electrons. The molecular formula is C19H19NO3. The fourth-order valence-corrected chi connectivity index (χ4v) is 3.19. The Hall–Kier alpha value is -2.46. The summed E-state index contributed by atoms with van der Waals surface area (Å²) in [5.74, 6) is -2.10. The van der Waals surface area contributed by atoms with Gasteiger partial charge < -0.3 is 5.11 Å². The second kappa shape index (κ2) is 6.75. The molecule has 0 radical (unpaired) electrons. The molecule has 0 unspecified atom stereocenters. The molecule has 23 heavy (non-hydrogen) atoms. The molecular weight excluding hydrogens is 290 g/mol. The summed E-state index contributed by atoms with van der Waals surface area (Å²) < 4.78 is 0. The molecule has 4 heteroatoms. The predicted octanol–water partition coefficient (Wildman–Crippen LogP) is 2.70. The number of Topliss-reactive ketones (excluding diaryl/α,β-unsaturated/α-hetero) is 1. The summed E-state index contributed by atoms with van der Waals surface area (Å²) in [5, 5.41) is 9.48. The first-order valence-corrected chi connectivity index (χ1v) is 7.73. The summed E-state index contributed by atoms with van der Waals surface area (Å²) in [6.07, 6.45) is 0. The van der Waals surface area contributed by atoms with Crippen LogP contribution in [0, 0.1) is 11.8 Å². The highest BCUT2D eigenvalue weighted by atomic mass is 16.4. The van der Waals surface area contributed by atoms with Gasteiger partial charge in [0.2, 0.25) is 0 Å². The summed E-state index contributed by atoms with van der Waals surface area (Å²) >= 11 is 0. The van der Waals surface area contributed by atoms with Gasteiger partial charge in [0.1, 0.15) is 0 Å². The zero-order valence-corrected chi connectivity index (χ0v) is 12.8. The Morgan fingerprint density at radius 2 is 1.48 bits per heavy atom. The van der Waals surface area contributed by atoms with Gasteiger partial charge in [0.05, 0.1) is 5.92 Å². The van der Waals surface area contributed by atoms with Crippen LogP contribution in [0.25, 0.3) is 0 Å². The minimum atomic E-state index is -0.894. The van der Waals surface area contributed by atoms with Crippen molar-refractivity contribution in [2.24, 2.45) is 11.8 Å². The van der Waals surface area contributed by atoms with Crippen LogP contribution in [0.5, 0.6) is 0 Å². The van der Waals surface area contributed by atoms with Gasteiger partial charge in [-0.05, 0) is 5.56 Å². The standard InChI is InChI=1S/C19H19NO3/c21-18(15-9-5-2-6-10-15)16-12-20(13-17(16)19(22)23)11-14-7-3-1-4-8-14/h1-10,16-17H,11-13H2,(H,22,23)/t16-,17-/m0/s1. The average molecular weight is 309 g/mol. The normalized spacial score (nSPS) is 21.2. The van der Waals surface area contributed by atoms with Crippen molar-refractivity contribution < 1.29 is 14.7 Å². The minimum absolute atomic E-state index is 0.0754. The Morgan fingerprint density at radius 3 is 2.09 bits per heavy atom. The Labute approximate surface area is 135 Å². The first-order valence-electron chi connectivity index (χ1n) is 7.73. The molecule has 1 aliphatic heterocycles. The maximum atomic E-state index is 12.7. The number of ketones is 1. The topological polar surface area (TPSA) is 57.6 Å². The van der Waals surface area contributed by atoms with Gasteiger partial charge in [0, 0.05) is 31.1 Å². The van der Waals surface area contributed by atoms with E-state index >= 15 is 0 Å². The van der Waals surface area contributed by atoms with E-state index < -0.39 is 17.8 Å². The lowest BCUT2D eigenvalue weighted by atomic mass is 9.88. The first kappa shape index (κ1) is 15.4. The van der Waals surface area contributed by atoms with Gasteiger partial charge in [-0.2, -0.15) is 0 Å². The van der Waals surface area contributed by atoms with Crippen molar-refractivity contribution in [3.8, 4) is 0 Å². The lowest BCUT2D eigenvalue weighted by molar-refractivity contribution is -0.142. The van der Waals surface area contributed by atoms with E-state index in [0.29, 0.717) is 25.2 Å². The third-order valence-corrected chi connectivity index (χ3v) is 4.36. The number of carboxylic acids is 1. The van der Waals surface area contributed by atoms with Crippen LogP contribution in [0.15, 0.2) is 60.7 Å². The van der Waals surface area contributed by atoms with E-state index in [1.54, 1.807) is 24.3 Å². The Balaban J connectivity index is 1.76. The van der Waals surface area contributed by atoms with Crippen LogP contribution in [0.1, 0.15) is 15.9 Å². The summed E-state index contributed by atoms with van der Waals surface area (Å²) in [5.41, 5.74) is 1.72. The Morgan fingerprint density at radius 1 is 0.913 bits per heavy atom. The lowest BCUT2D eigenvalue weighted by Gasteiger charge is -2.15. The fourth-order valence-electron chi connectivity index (χ4n) is 3.19. The molecule has 1 aliphatic rings. The number of aliphatic carboxylic acids is 1. The molecule has 0 aromatic heterocycles. The zero-order chi connectivity index (χ0) is 16.2. The summed E-state index contributed by atoms with van der Waals surface area (Å²) in [7, 11) is 0. The van der Waals surface area contributed by atoms with Crippen molar-refractivity contribution in [3.63, 3.8) is 0 Å². The number of carbonyl (C=O) groups excluding carboxylic acids is 1. The monoisotopic (exact) mass is 309 g/mol. The van der Waals surface area contributed by atoms with Crippen molar-refractivity contribution in [2.45, 2.75) is 6.54 Å². The summed E-state index contributed by atoms with van der Waals surface area (Å²) in [6, 6.07) is 18.9. The minimum Gasteiger partial charge on any atom is -0.481 e. The van der Waals surface area contributed by atoms with Crippen LogP contribution in [-0.4, -0.2) is 34.8 Å². The SMILES string of the molecule is O=C(O)[C@H]1CN(Cc2ccccc2)C[C@@H]1C(=O)c1ccccc1. The molecule has 1 saturated heterocycles. The van der Waals surface area contributed by atoms with Crippen LogP contribution >= 0.6 is 0 Å². The van der Waals surface area contributed by atoms with E-state index in [9.17, 15) is 14.7 Å². The van der Waals surface area contributed by atoms with Gasteiger partial charge >= 0.3 is 5.97 Å². The molecule has 0 amide bonds. The second-order valence-corrected chi connectivity index (χ2v) is 5.96. The van der Waals surface area contributed by atoms with Crippen molar-refractivity contribution in [1.82, 2.24) is 4.90 Å². The largest absolute Gasteiger partial charge is 0.481 e. The second-order valence-electron chi connectivity index (χ2n) is 5.96. The van der Waals surface area contributed by atoms with Crippen LogP contribution < -0.4 is 0 Å². The van der Waals surface area contributed by atoms with Crippen LogP contribution in [-0.2, 0) is 11.3 Å².